The van der Waals surface area contributed by atoms with Crippen LogP contribution in [-0.2, 0) is 0 Å². The lowest BCUT2D eigenvalue weighted by atomic mass is 9.72. The van der Waals surface area contributed by atoms with Gasteiger partial charge < -0.3 is 0 Å². The Kier molecular flexibility index (Phi) is 5.93. The number of thioether (sulfide) groups is 1. The van der Waals surface area contributed by atoms with Crippen molar-refractivity contribution in [2.24, 2.45) is 5.92 Å². The van der Waals surface area contributed by atoms with E-state index in [-0.39, 0.29) is 0 Å². The normalized spacial score (nSPS) is 28.7. The molecule has 0 saturated heterocycles. The highest BCUT2D eigenvalue weighted by Gasteiger charge is 2.33. The molecule has 0 saturated carbocycles. The molecule has 1 heteroatoms. The van der Waals surface area contributed by atoms with E-state index >= 15 is 0 Å². The molecule has 0 radical (unpaired) electrons. The summed E-state index contributed by atoms with van der Waals surface area (Å²) in [5.41, 5.74) is 8.03. The highest BCUT2D eigenvalue weighted by atomic mass is 32.2. The zero-order valence-electron chi connectivity index (χ0n) is 16.7. The van der Waals surface area contributed by atoms with Crippen LogP contribution in [0.25, 0.3) is 0 Å². The van der Waals surface area contributed by atoms with Crippen LogP contribution in [0.4, 0.5) is 0 Å². The molecule has 4 atom stereocenters. The first-order valence-electron chi connectivity index (χ1n) is 9.44. The van der Waals surface area contributed by atoms with Crippen LogP contribution in [0.2, 0.25) is 0 Å². The van der Waals surface area contributed by atoms with E-state index in [1.54, 1.807) is 22.3 Å². The molecule has 130 valence electrons. The Hall–Kier alpha value is -0.430. The van der Waals surface area contributed by atoms with E-state index in [1.165, 1.54) is 12.0 Å². The number of aryl methyl sites for hydroxylation is 1. The molecule has 0 nitrogen and oxygen atoms in total. The predicted molar refractivity (Wildman–Crippen MR) is 107 cm³/mol. The molecule has 1 aliphatic heterocycles. The molecule has 23 heavy (non-hydrogen) atoms. The fourth-order valence-electron chi connectivity index (χ4n) is 4.32. The van der Waals surface area contributed by atoms with Gasteiger partial charge in [-0.2, -0.15) is 11.8 Å². The molecule has 0 N–H and O–H groups in total. The average Bonchev–Trinajstić information content (AvgIpc) is 2.44. The summed E-state index contributed by atoms with van der Waals surface area (Å²) in [4.78, 5) is 0. The minimum Gasteiger partial charge on any atom is -0.155 e. The lowest BCUT2D eigenvalue weighted by Gasteiger charge is -2.38. The first-order valence-corrected chi connectivity index (χ1v) is 10.4. The molecule has 1 aromatic rings. The van der Waals surface area contributed by atoms with E-state index in [4.69, 9.17) is 0 Å². The summed E-state index contributed by atoms with van der Waals surface area (Å²) < 4.78 is 0. The Labute approximate surface area is 148 Å². The van der Waals surface area contributed by atoms with Gasteiger partial charge >= 0.3 is 0 Å². The largest absolute Gasteiger partial charge is 0.155 e. The van der Waals surface area contributed by atoms with Crippen molar-refractivity contribution < 1.29 is 0 Å². The van der Waals surface area contributed by atoms with Crippen LogP contribution in [0.1, 0.15) is 100 Å². The van der Waals surface area contributed by atoms with E-state index in [1.807, 2.05) is 0 Å². The maximum Gasteiger partial charge on any atom is 0.00876 e. The first kappa shape index (κ1) is 18.9. The van der Waals surface area contributed by atoms with Crippen LogP contribution in [0, 0.1) is 19.8 Å². The highest BCUT2D eigenvalue weighted by molar-refractivity contribution is 8.00. The Morgan fingerprint density at radius 3 is 2.13 bits per heavy atom. The predicted octanol–water partition coefficient (Wildman–Crippen LogP) is 7.18. The SMILES string of the molecule is Cc1cc(C(C)C)c2c(c1C)[C@@H](C)[C@@H](C)S[C@@H](C)CC2C(C)C. The number of hydrogen-bond acceptors (Lipinski definition) is 1. The molecule has 0 spiro atoms. The van der Waals surface area contributed by atoms with Gasteiger partial charge in [-0.15, -0.1) is 0 Å². The van der Waals surface area contributed by atoms with Crippen molar-refractivity contribution in [1.29, 1.82) is 0 Å². The monoisotopic (exact) mass is 332 g/mol. The highest BCUT2D eigenvalue weighted by Crippen LogP contribution is 2.48. The quantitative estimate of drug-likeness (QED) is 0.552. The molecule has 0 amide bonds. The summed E-state index contributed by atoms with van der Waals surface area (Å²) in [6.45, 7) is 21.6. The fourth-order valence-corrected chi connectivity index (χ4v) is 5.75. The Balaban J connectivity index is 2.80. The number of benzene rings is 1. The number of hydrogen-bond donors (Lipinski definition) is 0. The zero-order chi connectivity index (χ0) is 17.5. The summed E-state index contributed by atoms with van der Waals surface area (Å²) in [5, 5.41) is 1.44. The molecular weight excluding hydrogens is 296 g/mol. The summed E-state index contributed by atoms with van der Waals surface area (Å²) in [6.07, 6.45) is 1.31. The van der Waals surface area contributed by atoms with Gasteiger partial charge in [0.1, 0.15) is 0 Å². The molecule has 0 bridgehead atoms. The molecule has 2 rings (SSSR count). The maximum atomic E-state index is 2.49. The minimum atomic E-state index is 0.606. The standard InChI is InChI=1S/C22H36S/c1-12(2)19-10-14(5)16(7)21-17(8)18(9)23-15(6)11-20(13(3)4)22(19)21/h10,12-13,15,17-18,20H,11H2,1-9H3/t15-,17-,18+,20?/m0/s1. The second-order valence-electron chi connectivity index (χ2n) is 8.42. The molecule has 1 aromatic carbocycles. The van der Waals surface area contributed by atoms with Gasteiger partial charge in [-0.3, -0.25) is 0 Å². The summed E-state index contributed by atoms with van der Waals surface area (Å²) in [6, 6.07) is 2.49. The van der Waals surface area contributed by atoms with Crippen molar-refractivity contribution in [2.45, 2.75) is 97.0 Å². The van der Waals surface area contributed by atoms with Crippen LogP contribution < -0.4 is 0 Å². The topological polar surface area (TPSA) is 0 Å². The van der Waals surface area contributed by atoms with Gasteiger partial charge in [0, 0.05) is 10.5 Å². The first-order chi connectivity index (χ1) is 10.6. The number of rotatable bonds is 2. The van der Waals surface area contributed by atoms with Crippen molar-refractivity contribution in [1.82, 2.24) is 0 Å². The third-order valence-corrected chi connectivity index (χ3v) is 7.45. The van der Waals surface area contributed by atoms with Gasteiger partial charge in [0.15, 0.2) is 0 Å². The lowest BCUT2D eigenvalue weighted by molar-refractivity contribution is 0.452. The second kappa shape index (κ2) is 7.21. The smallest absolute Gasteiger partial charge is 0.00876 e. The lowest BCUT2D eigenvalue weighted by Crippen LogP contribution is -2.26. The summed E-state index contributed by atoms with van der Waals surface area (Å²) in [7, 11) is 0. The molecule has 0 aromatic heterocycles. The molecular formula is C22H36S. The second-order valence-corrected chi connectivity index (χ2v) is 10.2. The van der Waals surface area contributed by atoms with E-state index in [2.05, 4.69) is 80.1 Å². The molecule has 0 fully saturated rings. The fraction of sp³-hybridized carbons (Fsp3) is 0.727. The van der Waals surface area contributed by atoms with Crippen LogP contribution in [-0.4, -0.2) is 10.5 Å². The van der Waals surface area contributed by atoms with E-state index in [9.17, 15) is 0 Å². The van der Waals surface area contributed by atoms with Crippen LogP contribution in [0.15, 0.2) is 6.07 Å². The third kappa shape index (κ3) is 3.65. The molecule has 1 unspecified atom stereocenters. The van der Waals surface area contributed by atoms with Crippen molar-refractivity contribution in [3.63, 3.8) is 0 Å². The van der Waals surface area contributed by atoms with E-state index in [0.717, 1.165) is 5.25 Å². The minimum absolute atomic E-state index is 0.606. The number of fused-ring (bicyclic) bond motifs is 1. The summed E-state index contributed by atoms with van der Waals surface area (Å²) in [5.74, 6) is 2.64. The van der Waals surface area contributed by atoms with E-state index < -0.39 is 0 Å². The summed E-state index contributed by atoms with van der Waals surface area (Å²) >= 11 is 2.20. The van der Waals surface area contributed by atoms with Crippen LogP contribution in [0.3, 0.4) is 0 Å². The van der Waals surface area contributed by atoms with Gasteiger partial charge in [0.2, 0.25) is 0 Å². The van der Waals surface area contributed by atoms with Crippen LogP contribution >= 0.6 is 11.8 Å². The van der Waals surface area contributed by atoms with Gasteiger partial charge in [-0.25, -0.2) is 0 Å². The van der Waals surface area contributed by atoms with Crippen molar-refractivity contribution in [3.8, 4) is 0 Å². The zero-order valence-corrected chi connectivity index (χ0v) is 17.5. The van der Waals surface area contributed by atoms with Gasteiger partial charge in [-0.1, -0.05) is 54.5 Å². The van der Waals surface area contributed by atoms with E-state index in [0.29, 0.717) is 28.9 Å². The van der Waals surface area contributed by atoms with Crippen molar-refractivity contribution >= 4 is 11.8 Å². The van der Waals surface area contributed by atoms with Gasteiger partial charge in [0.05, 0.1) is 0 Å². The Morgan fingerprint density at radius 2 is 1.61 bits per heavy atom. The molecule has 1 heterocycles. The van der Waals surface area contributed by atoms with Gasteiger partial charge in [-0.05, 0) is 71.8 Å². The molecule has 0 aliphatic carbocycles. The van der Waals surface area contributed by atoms with Crippen LogP contribution in [0.5, 0.6) is 0 Å². The maximum absolute atomic E-state index is 2.49. The third-order valence-electron chi connectivity index (χ3n) is 5.96. The van der Waals surface area contributed by atoms with Crippen molar-refractivity contribution in [2.75, 3.05) is 0 Å². The molecule has 1 aliphatic rings. The average molecular weight is 333 g/mol. The Morgan fingerprint density at radius 1 is 1.00 bits per heavy atom. The Bertz CT molecular complexity index is 556. The van der Waals surface area contributed by atoms with Gasteiger partial charge in [0.25, 0.3) is 0 Å². The van der Waals surface area contributed by atoms with Crippen molar-refractivity contribution in [3.05, 3.63) is 33.9 Å².